The number of piperidine rings is 1. The summed E-state index contributed by atoms with van der Waals surface area (Å²) in [5.41, 5.74) is 5.79. The van der Waals surface area contributed by atoms with Crippen molar-refractivity contribution in [2.24, 2.45) is 5.73 Å². The highest BCUT2D eigenvalue weighted by atomic mass is 16.1. The third-order valence-electron chi connectivity index (χ3n) is 2.74. The quantitative estimate of drug-likeness (QED) is 0.788. The fraction of sp³-hybridized carbons (Fsp3) is 0.417. The van der Waals surface area contributed by atoms with Crippen LogP contribution >= 0.6 is 0 Å². The van der Waals surface area contributed by atoms with Gasteiger partial charge in [0.1, 0.15) is 0 Å². The molecule has 1 fully saturated rings. The van der Waals surface area contributed by atoms with E-state index in [1.807, 2.05) is 0 Å². The first kappa shape index (κ1) is 11.6. The fourth-order valence-corrected chi connectivity index (χ4v) is 1.85. The molecule has 1 aliphatic rings. The number of nitrogens with zero attached hydrogens (tertiary/aromatic N) is 3. The SMILES string of the molecule is NC(=O)/C=C/c1cnc(N2CCCCC2)nc1. The zero-order chi connectivity index (χ0) is 12.1. The van der Waals surface area contributed by atoms with E-state index in [4.69, 9.17) is 5.73 Å². The topological polar surface area (TPSA) is 72.1 Å². The van der Waals surface area contributed by atoms with E-state index >= 15 is 0 Å². The molecule has 0 aromatic carbocycles. The first-order valence-corrected chi connectivity index (χ1v) is 5.80. The second kappa shape index (κ2) is 5.43. The van der Waals surface area contributed by atoms with Crippen molar-refractivity contribution < 1.29 is 4.79 Å². The first-order valence-electron chi connectivity index (χ1n) is 5.80. The first-order chi connectivity index (χ1) is 8.25. The predicted molar refractivity (Wildman–Crippen MR) is 66.3 cm³/mol. The van der Waals surface area contributed by atoms with Gasteiger partial charge in [-0.2, -0.15) is 0 Å². The van der Waals surface area contributed by atoms with Gasteiger partial charge in [0, 0.05) is 37.1 Å². The Morgan fingerprint density at radius 1 is 1.24 bits per heavy atom. The van der Waals surface area contributed by atoms with Crippen LogP contribution in [-0.2, 0) is 4.79 Å². The predicted octanol–water partition coefficient (Wildman–Crippen LogP) is 0.965. The number of hydrogen-bond acceptors (Lipinski definition) is 4. The third-order valence-corrected chi connectivity index (χ3v) is 2.74. The van der Waals surface area contributed by atoms with E-state index in [2.05, 4.69) is 14.9 Å². The highest BCUT2D eigenvalue weighted by Crippen LogP contribution is 2.15. The molecule has 0 spiro atoms. The summed E-state index contributed by atoms with van der Waals surface area (Å²) < 4.78 is 0. The second-order valence-corrected chi connectivity index (χ2v) is 4.10. The number of rotatable bonds is 3. The van der Waals surface area contributed by atoms with Crippen LogP contribution in [-0.4, -0.2) is 29.0 Å². The van der Waals surface area contributed by atoms with Gasteiger partial charge in [-0.25, -0.2) is 9.97 Å². The van der Waals surface area contributed by atoms with Crippen molar-refractivity contribution >= 4 is 17.9 Å². The van der Waals surface area contributed by atoms with E-state index in [0.717, 1.165) is 24.6 Å². The highest BCUT2D eigenvalue weighted by Gasteiger charge is 2.12. The van der Waals surface area contributed by atoms with E-state index in [1.165, 1.54) is 25.3 Å². The largest absolute Gasteiger partial charge is 0.366 e. The molecule has 0 bridgehead atoms. The van der Waals surface area contributed by atoms with E-state index in [1.54, 1.807) is 18.5 Å². The Balaban J connectivity index is 2.04. The van der Waals surface area contributed by atoms with Gasteiger partial charge in [0.15, 0.2) is 0 Å². The number of carbonyl (C=O) groups is 1. The Kier molecular flexibility index (Phi) is 3.69. The van der Waals surface area contributed by atoms with Crippen molar-refractivity contribution in [2.45, 2.75) is 19.3 Å². The Bertz CT molecular complexity index is 407. The van der Waals surface area contributed by atoms with E-state index < -0.39 is 5.91 Å². The maximum absolute atomic E-state index is 10.6. The van der Waals surface area contributed by atoms with Crippen LogP contribution in [0.5, 0.6) is 0 Å². The minimum Gasteiger partial charge on any atom is -0.366 e. The molecule has 2 heterocycles. The summed E-state index contributed by atoms with van der Waals surface area (Å²) in [5.74, 6) is 0.297. The molecule has 1 saturated heterocycles. The van der Waals surface area contributed by atoms with Gasteiger partial charge in [-0.05, 0) is 25.3 Å². The number of aromatic nitrogens is 2. The third kappa shape index (κ3) is 3.27. The molecular weight excluding hydrogens is 216 g/mol. The Labute approximate surface area is 100 Å². The van der Waals surface area contributed by atoms with Gasteiger partial charge in [-0.1, -0.05) is 0 Å². The molecule has 90 valence electrons. The summed E-state index contributed by atoms with van der Waals surface area (Å²) in [6.45, 7) is 2.05. The van der Waals surface area contributed by atoms with Gasteiger partial charge >= 0.3 is 0 Å². The minimum atomic E-state index is -0.467. The normalized spacial score (nSPS) is 16.4. The van der Waals surface area contributed by atoms with Crippen LogP contribution < -0.4 is 10.6 Å². The average molecular weight is 232 g/mol. The number of primary amides is 1. The smallest absolute Gasteiger partial charge is 0.241 e. The Morgan fingerprint density at radius 2 is 1.88 bits per heavy atom. The van der Waals surface area contributed by atoms with Crippen molar-refractivity contribution in [1.82, 2.24) is 9.97 Å². The Hall–Kier alpha value is -1.91. The summed E-state index contributed by atoms with van der Waals surface area (Å²) in [6.07, 6.45) is 10.0. The van der Waals surface area contributed by atoms with Gasteiger partial charge in [-0.15, -0.1) is 0 Å². The average Bonchev–Trinajstić information content (AvgIpc) is 2.38. The lowest BCUT2D eigenvalue weighted by Gasteiger charge is -2.26. The minimum absolute atomic E-state index is 0.467. The molecule has 17 heavy (non-hydrogen) atoms. The molecule has 1 aliphatic heterocycles. The van der Waals surface area contributed by atoms with Crippen LogP contribution in [0.3, 0.4) is 0 Å². The van der Waals surface area contributed by atoms with E-state index in [9.17, 15) is 4.79 Å². The zero-order valence-electron chi connectivity index (χ0n) is 9.67. The number of hydrogen-bond donors (Lipinski definition) is 1. The maximum atomic E-state index is 10.6. The number of amides is 1. The van der Waals surface area contributed by atoms with Gasteiger partial charge < -0.3 is 10.6 Å². The van der Waals surface area contributed by atoms with Crippen LogP contribution in [0.1, 0.15) is 24.8 Å². The molecule has 5 heteroatoms. The molecular formula is C12H16N4O. The maximum Gasteiger partial charge on any atom is 0.241 e. The monoisotopic (exact) mass is 232 g/mol. The van der Waals surface area contributed by atoms with Crippen molar-refractivity contribution in [1.29, 1.82) is 0 Å². The van der Waals surface area contributed by atoms with Crippen LogP contribution in [0, 0.1) is 0 Å². The number of anilines is 1. The summed E-state index contributed by atoms with van der Waals surface area (Å²) in [6, 6.07) is 0. The molecule has 0 atom stereocenters. The molecule has 0 radical (unpaired) electrons. The van der Waals surface area contributed by atoms with Gasteiger partial charge in [0.05, 0.1) is 0 Å². The molecule has 0 saturated carbocycles. The molecule has 1 amide bonds. The van der Waals surface area contributed by atoms with Crippen molar-refractivity contribution in [2.75, 3.05) is 18.0 Å². The summed E-state index contributed by atoms with van der Waals surface area (Å²) in [4.78, 5) is 21.3. The van der Waals surface area contributed by atoms with Crippen molar-refractivity contribution in [3.8, 4) is 0 Å². The summed E-state index contributed by atoms with van der Waals surface area (Å²) >= 11 is 0. The lowest BCUT2D eigenvalue weighted by Crippen LogP contribution is -2.30. The summed E-state index contributed by atoms with van der Waals surface area (Å²) in [5, 5.41) is 0. The molecule has 0 aliphatic carbocycles. The lowest BCUT2D eigenvalue weighted by molar-refractivity contribution is -0.113. The van der Waals surface area contributed by atoms with E-state index in [0.29, 0.717) is 0 Å². The van der Waals surface area contributed by atoms with Crippen LogP contribution in [0.2, 0.25) is 0 Å². The molecule has 1 aromatic rings. The van der Waals surface area contributed by atoms with Crippen molar-refractivity contribution in [3.05, 3.63) is 24.0 Å². The number of carbonyl (C=O) groups excluding carboxylic acids is 1. The summed E-state index contributed by atoms with van der Waals surface area (Å²) in [7, 11) is 0. The highest BCUT2D eigenvalue weighted by molar-refractivity contribution is 5.90. The Morgan fingerprint density at radius 3 is 2.47 bits per heavy atom. The van der Waals surface area contributed by atoms with Gasteiger partial charge in [-0.3, -0.25) is 4.79 Å². The molecule has 0 unspecified atom stereocenters. The van der Waals surface area contributed by atoms with Crippen LogP contribution in [0.4, 0.5) is 5.95 Å². The molecule has 2 N–H and O–H groups in total. The van der Waals surface area contributed by atoms with Crippen LogP contribution in [0.25, 0.3) is 6.08 Å². The lowest BCUT2D eigenvalue weighted by atomic mass is 10.1. The van der Waals surface area contributed by atoms with Crippen molar-refractivity contribution in [3.63, 3.8) is 0 Å². The van der Waals surface area contributed by atoms with Gasteiger partial charge in [0.25, 0.3) is 0 Å². The fourth-order valence-electron chi connectivity index (χ4n) is 1.85. The zero-order valence-corrected chi connectivity index (χ0v) is 9.67. The second-order valence-electron chi connectivity index (χ2n) is 4.10. The van der Waals surface area contributed by atoms with Gasteiger partial charge in [0.2, 0.25) is 11.9 Å². The van der Waals surface area contributed by atoms with E-state index in [-0.39, 0.29) is 0 Å². The molecule has 2 rings (SSSR count). The standard InChI is InChI=1S/C12H16N4O/c13-11(17)5-4-10-8-14-12(15-9-10)16-6-2-1-3-7-16/h4-5,8-9H,1-3,6-7H2,(H2,13,17)/b5-4+. The molecule has 5 nitrogen and oxygen atoms in total. The number of nitrogens with two attached hydrogens (primary N) is 1. The van der Waals surface area contributed by atoms with Crippen LogP contribution in [0.15, 0.2) is 18.5 Å². The molecule has 1 aromatic heterocycles.